The van der Waals surface area contributed by atoms with E-state index in [1.54, 1.807) is 6.20 Å². The van der Waals surface area contributed by atoms with E-state index in [1.165, 1.54) is 31.4 Å². The third kappa shape index (κ3) is 2.55. The average molecular weight is 265 g/mol. The maximum Gasteiger partial charge on any atom is 0.213 e. The van der Waals surface area contributed by atoms with Crippen molar-refractivity contribution in [2.45, 2.75) is 39.2 Å². The normalized spacial score (nSPS) is 22.2. The van der Waals surface area contributed by atoms with Crippen LogP contribution in [0.15, 0.2) is 15.6 Å². The molecule has 0 saturated heterocycles. The largest absolute Gasteiger partial charge is 0.444 e. The number of aromatic nitrogens is 1. The molecule has 4 nitrogen and oxygen atoms in total. The SMILES string of the molecule is Cc1cnc(CNC2=NCC3(CCCC3)CS2)o1. The molecular weight excluding hydrogens is 246 g/mol. The Morgan fingerprint density at radius 1 is 1.44 bits per heavy atom. The molecule has 0 bridgehead atoms. The minimum absolute atomic E-state index is 0.509. The van der Waals surface area contributed by atoms with Crippen molar-refractivity contribution in [3.63, 3.8) is 0 Å². The van der Waals surface area contributed by atoms with Crippen molar-refractivity contribution >= 4 is 16.9 Å². The molecule has 0 radical (unpaired) electrons. The second-order valence-corrected chi connectivity index (χ2v) is 6.30. The first kappa shape index (κ1) is 12.1. The number of aryl methyl sites for hydroxylation is 1. The van der Waals surface area contributed by atoms with Gasteiger partial charge in [0.15, 0.2) is 5.17 Å². The van der Waals surface area contributed by atoms with Gasteiger partial charge in [-0.2, -0.15) is 0 Å². The van der Waals surface area contributed by atoms with Gasteiger partial charge in [0.25, 0.3) is 0 Å². The van der Waals surface area contributed by atoms with Gasteiger partial charge in [-0.05, 0) is 25.2 Å². The first-order valence-corrected chi connectivity index (χ1v) is 7.57. The van der Waals surface area contributed by atoms with E-state index < -0.39 is 0 Å². The van der Waals surface area contributed by atoms with E-state index in [0.29, 0.717) is 12.0 Å². The summed E-state index contributed by atoms with van der Waals surface area (Å²) in [7, 11) is 0. The molecule has 0 amide bonds. The Hall–Kier alpha value is -0.970. The summed E-state index contributed by atoms with van der Waals surface area (Å²) in [6, 6.07) is 0. The van der Waals surface area contributed by atoms with Crippen molar-refractivity contribution in [2.75, 3.05) is 12.3 Å². The third-order valence-corrected chi connectivity index (χ3v) is 5.10. The van der Waals surface area contributed by atoms with E-state index in [4.69, 9.17) is 4.42 Å². The van der Waals surface area contributed by atoms with E-state index in [2.05, 4.69) is 15.3 Å². The lowest BCUT2D eigenvalue weighted by Gasteiger charge is -2.30. The fourth-order valence-corrected chi connectivity index (χ4v) is 3.87. The third-order valence-electron chi connectivity index (χ3n) is 3.80. The molecule has 1 aliphatic heterocycles. The molecule has 98 valence electrons. The lowest BCUT2D eigenvalue weighted by atomic mass is 9.89. The van der Waals surface area contributed by atoms with Gasteiger partial charge in [0.2, 0.25) is 5.89 Å². The van der Waals surface area contributed by atoms with Gasteiger partial charge in [0, 0.05) is 12.3 Å². The zero-order valence-corrected chi connectivity index (χ0v) is 11.6. The summed E-state index contributed by atoms with van der Waals surface area (Å²) in [6.07, 6.45) is 7.23. The Morgan fingerprint density at radius 2 is 2.28 bits per heavy atom. The van der Waals surface area contributed by atoms with Crippen LogP contribution in [0.1, 0.15) is 37.3 Å². The number of oxazole rings is 1. The standard InChI is InChI=1S/C13H19N3OS/c1-10-6-14-11(17-10)7-15-12-16-8-13(9-18-12)4-2-3-5-13/h6H,2-5,7-9H2,1H3,(H,15,16). The van der Waals surface area contributed by atoms with Crippen LogP contribution in [0.25, 0.3) is 0 Å². The van der Waals surface area contributed by atoms with Gasteiger partial charge in [0.05, 0.1) is 12.7 Å². The van der Waals surface area contributed by atoms with Crippen molar-refractivity contribution < 1.29 is 4.42 Å². The van der Waals surface area contributed by atoms with Crippen LogP contribution in [-0.2, 0) is 6.54 Å². The molecule has 0 unspecified atom stereocenters. The molecule has 0 atom stereocenters. The Morgan fingerprint density at radius 3 is 2.89 bits per heavy atom. The van der Waals surface area contributed by atoms with Gasteiger partial charge < -0.3 is 9.73 Å². The van der Waals surface area contributed by atoms with E-state index in [0.717, 1.165) is 23.4 Å². The number of nitrogens with zero attached hydrogens (tertiary/aromatic N) is 2. The van der Waals surface area contributed by atoms with Gasteiger partial charge in [-0.3, -0.25) is 4.99 Å². The average Bonchev–Trinajstić information content (AvgIpc) is 2.99. The number of rotatable bonds is 2. The molecule has 1 spiro atoms. The predicted molar refractivity (Wildman–Crippen MR) is 73.7 cm³/mol. The fraction of sp³-hybridized carbons (Fsp3) is 0.692. The summed E-state index contributed by atoms with van der Waals surface area (Å²) in [6.45, 7) is 3.53. The summed E-state index contributed by atoms with van der Waals surface area (Å²) in [4.78, 5) is 8.86. The van der Waals surface area contributed by atoms with Crippen molar-refractivity contribution in [1.29, 1.82) is 0 Å². The Labute approximate surface area is 112 Å². The van der Waals surface area contributed by atoms with E-state index in [-0.39, 0.29) is 0 Å². The second-order valence-electron chi connectivity index (χ2n) is 5.34. The highest BCUT2D eigenvalue weighted by molar-refractivity contribution is 8.13. The first-order valence-electron chi connectivity index (χ1n) is 6.58. The van der Waals surface area contributed by atoms with Crippen LogP contribution in [0, 0.1) is 12.3 Å². The van der Waals surface area contributed by atoms with Crippen LogP contribution < -0.4 is 5.32 Å². The highest BCUT2D eigenvalue weighted by atomic mass is 32.2. The van der Waals surface area contributed by atoms with Crippen LogP contribution in [-0.4, -0.2) is 22.4 Å². The summed E-state index contributed by atoms with van der Waals surface area (Å²) in [5.41, 5.74) is 0.509. The number of hydrogen-bond donors (Lipinski definition) is 1. The van der Waals surface area contributed by atoms with Crippen LogP contribution in [0.4, 0.5) is 0 Å². The molecule has 3 rings (SSSR count). The zero-order chi connectivity index (χ0) is 12.4. The number of hydrogen-bond acceptors (Lipinski definition) is 5. The molecule has 1 aliphatic carbocycles. The molecule has 2 aliphatic rings. The molecule has 1 N–H and O–H groups in total. The monoisotopic (exact) mass is 265 g/mol. The van der Waals surface area contributed by atoms with Gasteiger partial charge in [-0.1, -0.05) is 24.6 Å². The van der Waals surface area contributed by atoms with Crippen molar-refractivity contribution in [3.8, 4) is 0 Å². The van der Waals surface area contributed by atoms with Crippen LogP contribution in [0.2, 0.25) is 0 Å². The maximum absolute atomic E-state index is 5.43. The van der Waals surface area contributed by atoms with E-state index in [9.17, 15) is 0 Å². The molecule has 2 heterocycles. The number of thioether (sulfide) groups is 1. The van der Waals surface area contributed by atoms with Gasteiger partial charge in [-0.25, -0.2) is 4.98 Å². The summed E-state index contributed by atoms with van der Waals surface area (Å²) in [5, 5.41) is 4.36. The maximum atomic E-state index is 5.43. The van der Waals surface area contributed by atoms with Gasteiger partial charge >= 0.3 is 0 Å². The predicted octanol–water partition coefficient (Wildman–Crippen LogP) is 2.74. The van der Waals surface area contributed by atoms with Gasteiger partial charge in [-0.15, -0.1) is 0 Å². The minimum Gasteiger partial charge on any atom is -0.444 e. The van der Waals surface area contributed by atoms with Crippen molar-refractivity contribution in [3.05, 3.63) is 17.8 Å². The highest BCUT2D eigenvalue weighted by Gasteiger charge is 2.36. The molecule has 5 heteroatoms. The first-order chi connectivity index (χ1) is 8.76. The minimum atomic E-state index is 0.509. The van der Waals surface area contributed by atoms with Crippen molar-refractivity contribution in [2.24, 2.45) is 10.4 Å². The topological polar surface area (TPSA) is 50.4 Å². The molecule has 1 saturated carbocycles. The summed E-state index contributed by atoms with van der Waals surface area (Å²) >= 11 is 1.85. The zero-order valence-electron chi connectivity index (χ0n) is 10.7. The molecule has 1 aromatic rings. The molecule has 1 aromatic heterocycles. The Balaban J connectivity index is 1.54. The lowest BCUT2D eigenvalue weighted by Crippen LogP contribution is -2.33. The van der Waals surface area contributed by atoms with Crippen LogP contribution in [0.5, 0.6) is 0 Å². The quantitative estimate of drug-likeness (QED) is 0.893. The molecule has 0 aromatic carbocycles. The number of aliphatic imine (C=N–C) groups is 1. The number of amidine groups is 1. The van der Waals surface area contributed by atoms with E-state index >= 15 is 0 Å². The number of nitrogens with one attached hydrogen (secondary N) is 1. The van der Waals surface area contributed by atoms with Crippen LogP contribution >= 0.6 is 11.8 Å². The molecule has 18 heavy (non-hydrogen) atoms. The second kappa shape index (κ2) is 4.96. The molecular formula is C13H19N3OS. The van der Waals surface area contributed by atoms with Crippen molar-refractivity contribution in [1.82, 2.24) is 10.3 Å². The smallest absolute Gasteiger partial charge is 0.213 e. The Kier molecular flexibility index (Phi) is 3.33. The summed E-state index contributed by atoms with van der Waals surface area (Å²) < 4.78 is 5.43. The molecule has 1 fully saturated rings. The summed E-state index contributed by atoms with van der Waals surface area (Å²) in [5.74, 6) is 2.80. The van der Waals surface area contributed by atoms with E-state index in [1.807, 2.05) is 18.7 Å². The van der Waals surface area contributed by atoms with Gasteiger partial charge in [0.1, 0.15) is 5.76 Å². The lowest BCUT2D eigenvalue weighted by molar-refractivity contribution is 0.358. The highest BCUT2D eigenvalue weighted by Crippen LogP contribution is 2.43. The Bertz CT molecular complexity index is 449. The fourth-order valence-electron chi connectivity index (χ4n) is 2.72. The van der Waals surface area contributed by atoms with Crippen LogP contribution in [0.3, 0.4) is 0 Å².